The number of hydrogen-bond donors (Lipinski definition) is 2. The van der Waals surface area contributed by atoms with E-state index in [4.69, 9.17) is 19.9 Å². The van der Waals surface area contributed by atoms with Gasteiger partial charge in [-0.2, -0.15) is 4.98 Å². The van der Waals surface area contributed by atoms with Gasteiger partial charge in [0.1, 0.15) is 18.1 Å². The summed E-state index contributed by atoms with van der Waals surface area (Å²) in [5.41, 5.74) is 6.60. The van der Waals surface area contributed by atoms with Crippen LogP contribution >= 0.6 is 0 Å². The summed E-state index contributed by atoms with van der Waals surface area (Å²) in [5, 5.41) is 2.85. The first kappa shape index (κ1) is 25.9. The number of nitrogens with one attached hydrogen (secondary N) is 1. The lowest BCUT2D eigenvalue weighted by Gasteiger charge is -2.24. The standard InChI is InChI=1S/C25H36N4O5/c1-15(2)32-14-20-21(33-16(3)4)17(5)24(34-20)29-13-19(22(26)28-25(29)31)23(30)27-12-11-18-9-7-6-8-10-18/h6-10,13,15-17,20-21,24H,11-12,14H2,1-5H3,(H,27,30)(H2,26,28,31)/t17-,20+,21?,24+/m0/s1. The molecule has 3 rings (SSSR count). The summed E-state index contributed by atoms with van der Waals surface area (Å²) < 4.78 is 19.4. The maximum absolute atomic E-state index is 12.8. The SMILES string of the molecule is CC(C)OC[C@H]1O[C@@H](n2cc(C(=O)NCCc3ccccc3)c(N)nc2=O)[C@@H](C)C1OC(C)C. The molecule has 0 saturated carbocycles. The van der Waals surface area contributed by atoms with Gasteiger partial charge in [0.25, 0.3) is 5.91 Å². The summed E-state index contributed by atoms with van der Waals surface area (Å²) in [4.78, 5) is 29.5. The van der Waals surface area contributed by atoms with Crippen molar-refractivity contribution in [2.45, 2.75) is 71.7 Å². The van der Waals surface area contributed by atoms with Gasteiger partial charge >= 0.3 is 5.69 Å². The minimum Gasteiger partial charge on any atom is -0.383 e. The van der Waals surface area contributed by atoms with Crippen molar-refractivity contribution in [2.24, 2.45) is 5.92 Å². The Morgan fingerprint density at radius 1 is 1.21 bits per heavy atom. The number of carbonyl (C=O) groups is 1. The highest BCUT2D eigenvalue weighted by Crippen LogP contribution is 2.36. The molecule has 1 amide bonds. The predicted octanol–water partition coefficient (Wildman–Crippen LogP) is 2.55. The van der Waals surface area contributed by atoms with E-state index in [1.807, 2.05) is 65.0 Å². The molecular formula is C25H36N4O5. The van der Waals surface area contributed by atoms with E-state index in [2.05, 4.69) is 10.3 Å². The van der Waals surface area contributed by atoms with Gasteiger partial charge in [0.05, 0.1) is 30.5 Å². The van der Waals surface area contributed by atoms with E-state index in [9.17, 15) is 9.59 Å². The Morgan fingerprint density at radius 3 is 2.56 bits per heavy atom. The molecular weight excluding hydrogens is 436 g/mol. The molecule has 1 fully saturated rings. The first-order valence-electron chi connectivity index (χ1n) is 11.8. The van der Waals surface area contributed by atoms with Crippen LogP contribution < -0.4 is 16.7 Å². The van der Waals surface area contributed by atoms with Gasteiger partial charge in [-0.3, -0.25) is 9.36 Å². The molecule has 0 spiro atoms. The smallest absolute Gasteiger partial charge is 0.351 e. The van der Waals surface area contributed by atoms with E-state index in [-0.39, 0.29) is 41.7 Å². The highest BCUT2D eigenvalue weighted by molar-refractivity contribution is 5.97. The molecule has 186 valence electrons. The Hall–Kier alpha value is -2.75. The lowest BCUT2D eigenvalue weighted by Crippen LogP contribution is -2.36. The van der Waals surface area contributed by atoms with Crippen molar-refractivity contribution < 1.29 is 19.0 Å². The highest BCUT2D eigenvalue weighted by atomic mass is 16.6. The summed E-state index contributed by atoms with van der Waals surface area (Å²) in [7, 11) is 0. The fourth-order valence-electron chi connectivity index (χ4n) is 4.05. The molecule has 2 heterocycles. The quantitative estimate of drug-likeness (QED) is 0.546. The lowest BCUT2D eigenvalue weighted by atomic mass is 10.0. The lowest BCUT2D eigenvalue weighted by molar-refractivity contribution is -0.0966. The predicted molar refractivity (Wildman–Crippen MR) is 130 cm³/mol. The first-order valence-corrected chi connectivity index (χ1v) is 11.8. The van der Waals surface area contributed by atoms with Crippen LogP contribution in [0.2, 0.25) is 0 Å². The minimum atomic E-state index is -0.666. The molecule has 1 aromatic heterocycles. The van der Waals surface area contributed by atoms with Gasteiger partial charge in [0, 0.05) is 18.7 Å². The zero-order valence-electron chi connectivity index (χ0n) is 20.6. The van der Waals surface area contributed by atoms with E-state index in [1.165, 1.54) is 10.8 Å². The summed E-state index contributed by atoms with van der Waals surface area (Å²) in [6.45, 7) is 10.5. The van der Waals surface area contributed by atoms with Crippen LogP contribution in [0.25, 0.3) is 0 Å². The van der Waals surface area contributed by atoms with E-state index in [0.29, 0.717) is 19.6 Å². The number of amides is 1. The van der Waals surface area contributed by atoms with E-state index in [1.54, 1.807) is 0 Å². The van der Waals surface area contributed by atoms with Gasteiger partial charge in [0.15, 0.2) is 0 Å². The normalized spacial score (nSPS) is 22.4. The number of anilines is 1. The van der Waals surface area contributed by atoms with Crippen LogP contribution in [0, 0.1) is 5.92 Å². The highest BCUT2D eigenvalue weighted by Gasteiger charge is 2.45. The Balaban J connectivity index is 1.78. The summed E-state index contributed by atoms with van der Waals surface area (Å²) in [6, 6.07) is 9.84. The van der Waals surface area contributed by atoms with Crippen LogP contribution in [-0.4, -0.2) is 53.0 Å². The Bertz CT molecular complexity index is 1010. The van der Waals surface area contributed by atoms with Crippen LogP contribution in [0.1, 0.15) is 56.8 Å². The number of nitrogens with two attached hydrogens (primary N) is 1. The molecule has 1 aliphatic heterocycles. The zero-order chi connectivity index (χ0) is 24.8. The Kier molecular flexibility index (Phi) is 8.82. The average molecular weight is 473 g/mol. The number of ether oxygens (including phenoxy) is 3. The summed E-state index contributed by atoms with van der Waals surface area (Å²) in [6.07, 6.45) is 0.804. The summed E-state index contributed by atoms with van der Waals surface area (Å²) in [5.74, 6) is -0.686. The molecule has 0 aliphatic carbocycles. The van der Waals surface area contributed by atoms with Crippen LogP contribution in [0.3, 0.4) is 0 Å². The largest absolute Gasteiger partial charge is 0.383 e. The molecule has 2 aromatic rings. The number of benzene rings is 1. The van der Waals surface area contributed by atoms with Gasteiger partial charge in [-0.05, 0) is 39.7 Å². The molecule has 1 aromatic carbocycles. The van der Waals surface area contributed by atoms with Crippen molar-refractivity contribution in [1.82, 2.24) is 14.9 Å². The molecule has 34 heavy (non-hydrogen) atoms. The number of rotatable bonds is 10. The second kappa shape index (κ2) is 11.6. The molecule has 0 bridgehead atoms. The number of hydrogen-bond acceptors (Lipinski definition) is 7. The fourth-order valence-corrected chi connectivity index (χ4v) is 4.05. The van der Waals surface area contributed by atoms with Crippen molar-refractivity contribution in [3.63, 3.8) is 0 Å². The van der Waals surface area contributed by atoms with Crippen LogP contribution in [-0.2, 0) is 20.6 Å². The fraction of sp³-hybridized carbons (Fsp3) is 0.560. The number of carbonyl (C=O) groups excluding carboxylic acids is 1. The molecule has 1 saturated heterocycles. The topological polar surface area (TPSA) is 118 Å². The third kappa shape index (κ3) is 6.43. The third-order valence-corrected chi connectivity index (χ3v) is 5.71. The molecule has 4 atom stereocenters. The summed E-state index contributed by atoms with van der Waals surface area (Å²) >= 11 is 0. The number of nitrogens with zero attached hydrogens (tertiary/aromatic N) is 2. The van der Waals surface area contributed by atoms with Crippen molar-refractivity contribution in [3.05, 3.63) is 58.1 Å². The first-order chi connectivity index (χ1) is 16.2. The Labute approximate surface area is 200 Å². The maximum Gasteiger partial charge on any atom is 0.351 e. The van der Waals surface area contributed by atoms with Crippen LogP contribution in [0.4, 0.5) is 5.82 Å². The number of aromatic nitrogens is 2. The van der Waals surface area contributed by atoms with E-state index >= 15 is 0 Å². The molecule has 9 nitrogen and oxygen atoms in total. The number of nitrogen functional groups attached to an aromatic ring is 1. The minimum absolute atomic E-state index is 0.0245. The zero-order valence-corrected chi connectivity index (χ0v) is 20.6. The van der Waals surface area contributed by atoms with Gasteiger partial charge in [0.2, 0.25) is 0 Å². The van der Waals surface area contributed by atoms with Gasteiger partial charge in [-0.25, -0.2) is 4.79 Å². The third-order valence-electron chi connectivity index (χ3n) is 5.71. The molecule has 9 heteroatoms. The van der Waals surface area contributed by atoms with Gasteiger partial charge in [-0.15, -0.1) is 0 Å². The van der Waals surface area contributed by atoms with Gasteiger partial charge < -0.3 is 25.3 Å². The average Bonchev–Trinajstić information content (AvgIpc) is 3.07. The molecule has 3 N–H and O–H groups in total. The van der Waals surface area contributed by atoms with E-state index in [0.717, 1.165) is 5.56 Å². The maximum atomic E-state index is 12.8. The molecule has 1 unspecified atom stereocenters. The second-order valence-electron chi connectivity index (χ2n) is 9.18. The molecule has 0 radical (unpaired) electrons. The Morgan fingerprint density at radius 2 is 1.91 bits per heavy atom. The van der Waals surface area contributed by atoms with E-state index < -0.39 is 17.8 Å². The second-order valence-corrected chi connectivity index (χ2v) is 9.18. The molecule has 1 aliphatic rings. The van der Waals surface area contributed by atoms with Crippen molar-refractivity contribution in [1.29, 1.82) is 0 Å². The van der Waals surface area contributed by atoms with Crippen molar-refractivity contribution >= 4 is 11.7 Å². The monoisotopic (exact) mass is 472 g/mol. The van der Waals surface area contributed by atoms with Crippen LogP contribution in [0.15, 0.2) is 41.3 Å². The van der Waals surface area contributed by atoms with Crippen molar-refractivity contribution in [2.75, 3.05) is 18.9 Å². The van der Waals surface area contributed by atoms with Crippen LogP contribution in [0.5, 0.6) is 0 Å². The van der Waals surface area contributed by atoms with Gasteiger partial charge in [-0.1, -0.05) is 37.3 Å². The van der Waals surface area contributed by atoms with Crippen molar-refractivity contribution in [3.8, 4) is 0 Å².